The van der Waals surface area contributed by atoms with Gasteiger partial charge in [-0.1, -0.05) is 284 Å². The number of nitrogens with zero attached hydrogens (tertiary/aromatic N) is 1. The number of hydrogen-bond donors (Lipinski definition) is 2. The molecule has 0 aromatic rings. The Hall–Kier alpha value is -0.500. The van der Waals surface area contributed by atoms with Crippen molar-refractivity contribution in [3.63, 3.8) is 0 Å². The molecule has 0 aliphatic carbocycles. The van der Waals surface area contributed by atoms with Gasteiger partial charge in [0.2, 0.25) is 5.91 Å². The number of aliphatic hydroxyl groups excluding tert-OH is 1. The van der Waals surface area contributed by atoms with Crippen LogP contribution in [0.5, 0.6) is 0 Å². The number of nitrogens with one attached hydrogen (secondary N) is 1. The number of phosphoric acid groups is 1. The van der Waals surface area contributed by atoms with E-state index in [4.69, 9.17) is 9.05 Å². The summed E-state index contributed by atoms with van der Waals surface area (Å²) in [6.45, 7) is 4.78. The second-order valence-electron chi connectivity index (χ2n) is 21.4. The quantitative estimate of drug-likeness (QED) is 0.0357. The summed E-state index contributed by atoms with van der Waals surface area (Å²) in [6, 6.07) is -0.795. The zero-order chi connectivity index (χ0) is 47.8. The minimum Gasteiger partial charge on any atom is -0.756 e. The van der Waals surface area contributed by atoms with Crippen LogP contribution in [0.3, 0.4) is 0 Å². The van der Waals surface area contributed by atoms with Gasteiger partial charge in [-0.3, -0.25) is 9.36 Å². The first-order chi connectivity index (χ1) is 31.5. The van der Waals surface area contributed by atoms with Crippen molar-refractivity contribution in [3.05, 3.63) is 0 Å². The van der Waals surface area contributed by atoms with Gasteiger partial charge in [0, 0.05) is 6.42 Å². The molecule has 0 fully saturated rings. The summed E-state index contributed by atoms with van der Waals surface area (Å²) >= 11 is 0. The lowest BCUT2D eigenvalue weighted by molar-refractivity contribution is -0.870. The molecule has 0 aliphatic rings. The van der Waals surface area contributed by atoms with E-state index >= 15 is 0 Å². The molecule has 3 atom stereocenters. The van der Waals surface area contributed by atoms with Crippen LogP contribution in [-0.2, 0) is 18.4 Å². The lowest BCUT2D eigenvalue weighted by atomic mass is 10.0. The van der Waals surface area contributed by atoms with Crippen molar-refractivity contribution in [2.24, 2.45) is 0 Å². The van der Waals surface area contributed by atoms with Crippen LogP contribution < -0.4 is 10.2 Å². The van der Waals surface area contributed by atoms with Crippen LogP contribution in [0, 0.1) is 0 Å². The number of unbranched alkanes of at least 4 members (excludes halogenated alkanes) is 41. The molecule has 3 unspecified atom stereocenters. The third kappa shape index (κ3) is 51.2. The molecule has 0 aromatic carbocycles. The lowest BCUT2D eigenvalue weighted by Gasteiger charge is -2.30. The van der Waals surface area contributed by atoms with E-state index in [1.54, 1.807) is 0 Å². The van der Waals surface area contributed by atoms with Crippen molar-refractivity contribution in [2.75, 3.05) is 40.9 Å². The molecule has 0 spiro atoms. The summed E-state index contributed by atoms with van der Waals surface area (Å²) in [5.41, 5.74) is 0. The number of carbonyl (C=O) groups is 1. The number of hydrogen-bond acceptors (Lipinski definition) is 6. The molecule has 0 aliphatic heterocycles. The predicted molar refractivity (Wildman–Crippen MR) is 279 cm³/mol. The van der Waals surface area contributed by atoms with Crippen molar-refractivity contribution in [2.45, 2.75) is 315 Å². The molecule has 0 saturated heterocycles. The van der Waals surface area contributed by atoms with Crippen molar-refractivity contribution in [1.29, 1.82) is 0 Å². The lowest BCUT2D eigenvalue weighted by Crippen LogP contribution is -2.46. The molecule has 8 nitrogen and oxygen atoms in total. The van der Waals surface area contributed by atoms with Crippen LogP contribution in [0.4, 0.5) is 0 Å². The van der Waals surface area contributed by atoms with Gasteiger partial charge in [-0.15, -0.1) is 0 Å². The van der Waals surface area contributed by atoms with Gasteiger partial charge in [0.05, 0.1) is 39.9 Å². The van der Waals surface area contributed by atoms with Crippen LogP contribution in [0.15, 0.2) is 0 Å². The van der Waals surface area contributed by atoms with Gasteiger partial charge in [-0.2, -0.15) is 0 Å². The molecule has 0 saturated carbocycles. The smallest absolute Gasteiger partial charge is 0.268 e. The van der Waals surface area contributed by atoms with E-state index in [1.807, 2.05) is 21.1 Å². The summed E-state index contributed by atoms with van der Waals surface area (Å²) < 4.78 is 23.4. The van der Waals surface area contributed by atoms with E-state index in [1.165, 1.54) is 238 Å². The van der Waals surface area contributed by atoms with Gasteiger partial charge in [-0.25, -0.2) is 0 Å². The van der Waals surface area contributed by atoms with E-state index in [-0.39, 0.29) is 19.1 Å². The monoisotopic (exact) mass is 943 g/mol. The second-order valence-corrected chi connectivity index (χ2v) is 22.8. The molecule has 1 amide bonds. The molecule has 0 bridgehead atoms. The third-order valence-electron chi connectivity index (χ3n) is 13.6. The van der Waals surface area contributed by atoms with Gasteiger partial charge in [0.15, 0.2) is 0 Å². The number of likely N-dealkylation sites (N-methyl/N-ethyl adjacent to an activating group) is 1. The van der Waals surface area contributed by atoms with Gasteiger partial charge in [-0.05, 0) is 12.8 Å². The predicted octanol–water partition coefficient (Wildman–Crippen LogP) is 16.6. The summed E-state index contributed by atoms with van der Waals surface area (Å²) in [5.74, 6) is -0.156. The van der Waals surface area contributed by atoms with Crippen molar-refractivity contribution in [3.8, 4) is 0 Å². The topological polar surface area (TPSA) is 108 Å². The Kier molecular flexibility index (Phi) is 48.1. The number of amides is 1. The highest BCUT2D eigenvalue weighted by Crippen LogP contribution is 2.38. The van der Waals surface area contributed by atoms with E-state index in [9.17, 15) is 19.4 Å². The number of aliphatic hydroxyl groups is 1. The fourth-order valence-electron chi connectivity index (χ4n) is 9.04. The van der Waals surface area contributed by atoms with Crippen LogP contribution in [0.1, 0.15) is 303 Å². The third-order valence-corrected chi connectivity index (χ3v) is 14.6. The number of quaternary nitrogens is 1. The van der Waals surface area contributed by atoms with Crippen LogP contribution in [-0.4, -0.2) is 68.5 Å². The van der Waals surface area contributed by atoms with Crippen LogP contribution in [0.25, 0.3) is 0 Å². The van der Waals surface area contributed by atoms with E-state index in [0.717, 1.165) is 38.5 Å². The van der Waals surface area contributed by atoms with Gasteiger partial charge in [0.1, 0.15) is 13.2 Å². The highest BCUT2D eigenvalue weighted by Gasteiger charge is 2.24. The Morgan fingerprint density at radius 3 is 1.05 bits per heavy atom. The fourth-order valence-corrected chi connectivity index (χ4v) is 9.77. The Balaban J connectivity index is 4.13. The van der Waals surface area contributed by atoms with Gasteiger partial charge in [0.25, 0.3) is 7.82 Å². The van der Waals surface area contributed by atoms with Gasteiger partial charge >= 0.3 is 0 Å². The number of carbonyl (C=O) groups excluding carboxylic acids is 1. The zero-order valence-corrected chi connectivity index (χ0v) is 45.4. The summed E-state index contributed by atoms with van der Waals surface area (Å²) in [6.07, 6.45) is 57.0. The summed E-state index contributed by atoms with van der Waals surface area (Å²) in [5, 5.41) is 14.0. The van der Waals surface area contributed by atoms with E-state index in [2.05, 4.69) is 19.2 Å². The molecule has 0 radical (unpaired) electrons. The first-order valence-electron chi connectivity index (χ1n) is 28.9. The SMILES string of the molecule is CCCCCCCCCCCCCCCCCCCCCCCCCC(O)C(COP(=O)([O-])OCC[N+](C)(C)C)NC(=O)CCCCCCCCCCCCCCCCCCCCCC. The summed E-state index contributed by atoms with van der Waals surface area (Å²) in [7, 11) is 1.33. The fraction of sp³-hybridized carbons (Fsp3) is 0.982. The van der Waals surface area contributed by atoms with Gasteiger partial charge < -0.3 is 28.8 Å². The largest absolute Gasteiger partial charge is 0.756 e. The minimum absolute atomic E-state index is 0.0167. The number of phosphoric ester groups is 1. The maximum absolute atomic E-state index is 13.0. The average molecular weight is 944 g/mol. The molecule has 0 heterocycles. The highest BCUT2D eigenvalue weighted by atomic mass is 31.2. The Labute approximate surface area is 406 Å². The molecular weight excluding hydrogens is 828 g/mol. The Bertz CT molecular complexity index is 1030. The normalized spacial score (nSPS) is 13.9. The van der Waals surface area contributed by atoms with Crippen molar-refractivity contribution < 1.29 is 32.9 Å². The first-order valence-corrected chi connectivity index (χ1v) is 30.3. The Morgan fingerprint density at radius 2 is 0.754 bits per heavy atom. The van der Waals surface area contributed by atoms with Crippen LogP contribution >= 0.6 is 7.82 Å². The highest BCUT2D eigenvalue weighted by molar-refractivity contribution is 7.45. The minimum atomic E-state index is -4.57. The number of rotatable bonds is 54. The second kappa shape index (κ2) is 48.5. The maximum Gasteiger partial charge on any atom is 0.268 e. The Morgan fingerprint density at radius 1 is 0.477 bits per heavy atom. The summed E-state index contributed by atoms with van der Waals surface area (Å²) in [4.78, 5) is 25.5. The van der Waals surface area contributed by atoms with Crippen molar-refractivity contribution in [1.82, 2.24) is 5.32 Å². The van der Waals surface area contributed by atoms with E-state index in [0.29, 0.717) is 23.9 Å². The molecule has 0 rings (SSSR count). The first kappa shape index (κ1) is 64.5. The van der Waals surface area contributed by atoms with Crippen molar-refractivity contribution >= 4 is 13.7 Å². The maximum atomic E-state index is 13.0. The van der Waals surface area contributed by atoms with Crippen LogP contribution in [0.2, 0.25) is 0 Å². The molecular formula is C56H115N2O6P. The van der Waals surface area contributed by atoms with E-state index < -0.39 is 20.0 Å². The molecule has 390 valence electrons. The average Bonchev–Trinajstić information content (AvgIpc) is 3.26. The zero-order valence-electron chi connectivity index (χ0n) is 44.5. The molecule has 0 aromatic heterocycles. The standard InChI is InChI=1S/C56H115N2O6P/c1-6-8-10-12-14-16-18-20-22-24-26-28-29-30-31-33-35-37-39-41-43-45-47-49-55(59)54(53-64-65(61,62)63-52-51-58(3,4)5)57-56(60)50-48-46-44-42-40-38-36-34-32-27-25-23-21-19-17-15-13-11-9-7-2/h54-55,59H,6-53H2,1-5H3,(H-,57,60,61,62). The molecule has 65 heavy (non-hydrogen) atoms. The molecule has 9 heteroatoms. The molecule has 2 N–H and O–H groups in total.